The number of hydrogen-bond donors (Lipinski definition) is 0. The Morgan fingerprint density at radius 3 is 2.32 bits per heavy atom. The number of nitrogens with zero attached hydrogens (tertiary/aromatic N) is 7. The van der Waals surface area contributed by atoms with Gasteiger partial charge in [0.05, 0.1) is 11.7 Å². The van der Waals surface area contributed by atoms with Crippen LogP contribution >= 0.6 is 0 Å². The molecule has 37 heavy (non-hydrogen) atoms. The highest BCUT2D eigenvalue weighted by molar-refractivity contribution is 5.97. The van der Waals surface area contributed by atoms with Crippen molar-refractivity contribution < 1.29 is 8.78 Å². The number of rotatable bonds is 5. The van der Waals surface area contributed by atoms with Crippen LogP contribution in [0.5, 0.6) is 0 Å². The highest BCUT2D eigenvalue weighted by atomic mass is 19.1. The van der Waals surface area contributed by atoms with Gasteiger partial charge in [0, 0.05) is 80.9 Å². The quantitative estimate of drug-likeness (QED) is 0.351. The first kappa shape index (κ1) is 23.2. The van der Waals surface area contributed by atoms with E-state index in [-0.39, 0.29) is 0 Å². The molecule has 186 valence electrons. The molecule has 5 aromatic rings. The Morgan fingerprint density at radius 1 is 0.811 bits per heavy atom. The van der Waals surface area contributed by atoms with Crippen LogP contribution in [0.4, 0.5) is 14.6 Å². The number of aromatic nitrogens is 5. The fourth-order valence-corrected chi connectivity index (χ4v) is 4.89. The Morgan fingerprint density at radius 2 is 1.62 bits per heavy atom. The summed E-state index contributed by atoms with van der Waals surface area (Å²) in [4.78, 5) is 17.9. The van der Waals surface area contributed by atoms with Crippen LogP contribution in [0.25, 0.3) is 33.2 Å². The molecule has 0 N–H and O–H groups in total. The minimum Gasteiger partial charge on any atom is -0.354 e. The molecule has 0 aliphatic carbocycles. The molecule has 0 atom stereocenters. The van der Waals surface area contributed by atoms with Crippen molar-refractivity contribution in [2.24, 2.45) is 7.05 Å². The summed E-state index contributed by atoms with van der Waals surface area (Å²) in [5, 5.41) is 5.27. The molecule has 1 fully saturated rings. The lowest BCUT2D eigenvalue weighted by Crippen LogP contribution is -2.46. The monoisotopic (exact) mass is 497 g/mol. The van der Waals surface area contributed by atoms with Gasteiger partial charge in [-0.25, -0.2) is 23.7 Å². The molecule has 0 bridgehead atoms. The minimum atomic E-state index is -0.539. The molecule has 1 aliphatic rings. The van der Waals surface area contributed by atoms with Gasteiger partial charge < -0.3 is 4.90 Å². The molecule has 1 aliphatic heterocycles. The normalized spacial score (nSPS) is 14.4. The van der Waals surface area contributed by atoms with Crippen LogP contribution in [0, 0.1) is 11.6 Å². The summed E-state index contributed by atoms with van der Waals surface area (Å²) in [6, 6.07) is 12.0. The minimum absolute atomic E-state index is 0.525. The first-order valence-electron chi connectivity index (χ1n) is 12.1. The summed E-state index contributed by atoms with van der Waals surface area (Å²) in [6.45, 7) is 3.68. The number of anilines is 1. The molecule has 7 nitrogen and oxygen atoms in total. The second kappa shape index (κ2) is 9.67. The molecule has 1 saturated heterocycles. The van der Waals surface area contributed by atoms with Crippen LogP contribution in [-0.2, 0) is 13.6 Å². The summed E-state index contributed by atoms with van der Waals surface area (Å²) in [7, 11) is 1.90. The van der Waals surface area contributed by atoms with Gasteiger partial charge in [-0.1, -0.05) is 0 Å². The van der Waals surface area contributed by atoms with Crippen LogP contribution in [0.15, 0.2) is 73.6 Å². The number of hydrogen-bond acceptors (Lipinski definition) is 6. The third kappa shape index (κ3) is 4.90. The van der Waals surface area contributed by atoms with Gasteiger partial charge in [0.2, 0.25) is 0 Å². The number of halogens is 2. The lowest BCUT2D eigenvalue weighted by Gasteiger charge is -2.35. The molecule has 9 heteroatoms. The van der Waals surface area contributed by atoms with E-state index < -0.39 is 11.6 Å². The topological polar surface area (TPSA) is 63.0 Å². The number of pyridine rings is 1. The van der Waals surface area contributed by atoms with E-state index >= 15 is 0 Å². The van der Waals surface area contributed by atoms with Crippen molar-refractivity contribution in [1.29, 1.82) is 0 Å². The zero-order valence-corrected chi connectivity index (χ0v) is 20.4. The molecule has 6 rings (SSSR count). The van der Waals surface area contributed by atoms with E-state index in [1.807, 2.05) is 37.9 Å². The van der Waals surface area contributed by atoms with Crippen LogP contribution in [-0.4, -0.2) is 55.8 Å². The maximum atomic E-state index is 13.5. The summed E-state index contributed by atoms with van der Waals surface area (Å²) >= 11 is 0. The van der Waals surface area contributed by atoms with E-state index in [0.29, 0.717) is 12.1 Å². The highest BCUT2D eigenvalue weighted by Crippen LogP contribution is 2.33. The van der Waals surface area contributed by atoms with E-state index in [2.05, 4.69) is 43.1 Å². The first-order chi connectivity index (χ1) is 18.0. The molecular formula is C28H25F2N7. The maximum absolute atomic E-state index is 13.5. The van der Waals surface area contributed by atoms with Crippen LogP contribution in [0.1, 0.15) is 5.56 Å². The van der Waals surface area contributed by atoms with Gasteiger partial charge in [-0.2, -0.15) is 5.10 Å². The zero-order chi connectivity index (χ0) is 25.4. The molecule has 0 saturated carbocycles. The van der Waals surface area contributed by atoms with Crippen molar-refractivity contribution in [2.75, 3.05) is 31.1 Å². The van der Waals surface area contributed by atoms with Crippen LogP contribution < -0.4 is 4.90 Å². The van der Waals surface area contributed by atoms with Gasteiger partial charge in [0.15, 0.2) is 0 Å². The third-order valence-corrected chi connectivity index (χ3v) is 6.75. The van der Waals surface area contributed by atoms with E-state index in [1.165, 1.54) is 12.1 Å². The molecule has 3 aromatic heterocycles. The van der Waals surface area contributed by atoms with Gasteiger partial charge >= 0.3 is 0 Å². The standard InChI is InChI=1S/C28H25F2N7/c1-35-17-22(14-34-35)21-10-25(26-15-31-18-33-27(26)11-21)20-2-3-28(32-13-20)37-6-4-36(5-7-37)16-19-8-23(29)12-24(30)9-19/h2-3,8-15,17-18H,4-7,16H2,1H3. The fraction of sp³-hybridized carbons (Fsp3) is 0.214. The molecule has 4 heterocycles. The number of fused-ring (bicyclic) bond motifs is 1. The molecule has 0 unspecified atom stereocenters. The molecule has 0 spiro atoms. The van der Waals surface area contributed by atoms with E-state index in [4.69, 9.17) is 4.98 Å². The maximum Gasteiger partial charge on any atom is 0.128 e. The molecule has 0 radical (unpaired) electrons. The largest absolute Gasteiger partial charge is 0.354 e. The van der Waals surface area contributed by atoms with Gasteiger partial charge in [0.1, 0.15) is 23.8 Å². The Bertz CT molecular complexity index is 1540. The second-order valence-corrected chi connectivity index (χ2v) is 9.33. The van der Waals surface area contributed by atoms with Gasteiger partial charge in [-0.15, -0.1) is 0 Å². The predicted octanol–water partition coefficient (Wildman–Crippen LogP) is 4.69. The Kier molecular flexibility index (Phi) is 6.05. The lowest BCUT2D eigenvalue weighted by atomic mass is 9.97. The molecular weight excluding hydrogens is 472 g/mol. The van der Waals surface area contributed by atoms with E-state index in [0.717, 1.165) is 71.2 Å². The smallest absolute Gasteiger partial charge is 0.128 e. The van der Waals surface area contributed by atoms with Crippen LogP contribution in [0.2, 0.25) is 0 Å². The number of benzene rings is 2. The Balaban J connectivity index is 1.20. The van der Waals surface area contributed by atoms with Gasteiger partial charge in [-0.3, -0.25) is 9.58 Å². The van der Waals surface area contributed by atoms with Crippen molar-refractivity contribution in [3.05, 3.63) is 90.8 Å². The van der Waals surface area contributed by atoms with Gasteiger partial charge in [0.25, 0.3) is 0 Å². The fourth-order valence-electron chi connectivity index (χ4n) is 4.89. The van der Waals surface area contributed by atoms with E-state index in [9.17, 15) is 8.78 Å². The van der Waals surface area contributed by atoms with Crippen molar-refractivity contribution in [3.63, 3.8) is 0 Å². The average molecular weight is 498 g/mol. The molecule has 2 aromatic carbocycles. The second-order valence-electron chi connectivity index (χ2n) is 9.33. The summed E-state index contributed by atoms with van der Waals surface area (Å²) < 4.78 is 28.8. The van der Waals surface area contributed by atoms with E-state index in [1.54, 1.807) is 11.0 Å². The SMILES string of the molecule is Cn1cc(-c2cc(-c3ccc(N4CCN(Cc5cc(F)cc(F)c5)CC4)nc3)c3cncnc3c2)cn1. The summed E-state index contributed by atoms with van der Waals surface area (Å²) in [5.41, 5.74) is 5.58. The number of piperazine rings is 1. The van der Waals surface area contributed by atoms with Crippen molar-refractivity contribution in [1.82, 2.24) is 29.6 Å². The average Bonchev–Trinajstić information content (AvgIpc) is 3.34. The first-order valence-corrected chi connectivity index (χ1v) is 12.1. The van der Waals surface area contributed by atoms with Crippen molar-refractivity contribution in [2.45, 2.75) is 6.54 Å². The van der Waals surface area contributed by atoms with Crippen LogP contribution in [0.3, 0.4) is 0 Å². The zero-order valence-electron chi connectivity index (χ0n) is 20.4. The van der Waals surface area contributed by atoms with Crippen molar-refractivity contribution >= 4 is 16.7 Å². The Hall–Kier alpha value is -4.24. The summed E-state index contributed by atoms with van der Waals surface area (Å²) in [5.74, 6) is -0.171. The Labute approximate surface area is 213 Å². The predicted molar refractivity (Wildman–Crippen MR) is 139 cm³/mol. The lowest BCUT2D eigenvalue weighted by molar-refractivity contribution is 0.248. The number of aryl methyl sites for hydroxylation is 1. The van der Waals surface area contributed by atoms with Crippen molar-refractivity contribution in [3.8, 4) is 22.3 Å². The summed E-state index contributed by atoms with van der Waals surface area (Å²) in [6.07, 6.45) is 9.12. The highest BCUT2D eigenvalue weighted by Gasteiger charge is 2.19. The molecule has 0 amide bonds. The third-order valence-electron chi connectivity index (χ3n) is 6.75. The van der Waals surface area contributed by atoms with Gasteiger partial charge in [-0.05, 0) is 53.1 Å².